The molecule has 0 bridgehead atoms. The lowest BCUT2D eigenvalue weighted by Gasteiger charge is -2.30. The highest BCUT2D eigenvalue weighted by molar-refractivity contribution is 5.45. The molecule has 2 nitrogen and oxygen atoms in total. The third-order valence-electron chi connectivity index (χ3n) is 3.64. The summed E-state index contributed by atoms with van der Waals surface area (Å²) in [5, 5.41) is 3.48. The molecule has 1 fully saturated rings. The van der Waals surface area contributed by atoms with Gasteiger partial charge in [-0.05, 0) is 50.4 Å². The monoisotopic (exact) mass is 232 g/mol. The van der Waals surface area contributed by atoms with Crippen molar-refractivity contribution in [2.75, 3.05) is 32.0 Å². The van der Waals surface area contributed by atoms with Crippen molar-refractivity contribution < 1.29 is 0 Å². The molecule has 0 radical (unpaired) electrons. The molecule has 0 aromatic heterocycles. The summed E-state index contributed by atoms with van der Waals surface area (Å²) in [6.07, 6.45) is 4.32. The van der Waals surface area contributed by atoms with Crippen molar-refractivity contribution in [2.24, 2.45) is 5.92 Å². The van der Waals surface area contributed by atoms with Gasteiger partial charge in [-0.2, -0.15) is 0 Å². The first-order chi connectivity index (χ1) is 8.24. The average molecular weight is 232 g/mol. The van der Waals surface area contributed by atoms with E-state index in [1.807, 2.05) is 0 Å². The Labute approximate surface area is 105 Å². The molecule has 1 saturated carbocycles. The van der Waals surface area contributed by atoms with Crippen molar-refractivity contribution in [3.8, 4) is 0 Å². The molecule has 0 heterocycles. The predicted octanol–water partition coefficient (Wildman–Crippen LogP) is 3.14. The van der Waals surface area contributed by atoms with Crippen LogP contribution in [0, 0.1) is 12.8 Å². The van der Waals surface area contributed by atoms with Crippen molar-refractivity contribution in [3.63, 3.8) is 0 Å². The third-order valence-corrected chi connectivity index (χ3v) is 3.64. The van der Waals surface area contributed by atoms with E-state index in [2.05, 4.69) is 48.5 Å². The lowest BCUT2D eigenvalue weighted by atomic mass is 9.85. The zero-order valence-electron chi connectivity index (χ0n) is 11.1. The van der Waals surface area contributed by atoms with Crippen molar-refractivity contribution in [1.82, 2.24) is 4.90 Å². The van der Waals surface area contributed by atoms with E-state index in [0.717, 1.165) is 19.0 Å². The fourth-order valence-electron chi connectivity index (χ4n) is 2.35. The quantitative estimate of drug-likeness (QED) is 0.810. The lowest BCUT2D eigenvalue weighted by molar-refractivity contribution is 0.210. The van der Waals surface area contributed by atoms with Gasteiger partial charge in [0.05, 0.1) is 0 Å². The van der Waals surface area contributed by atoms with Crippen LogP contribution in [0.1, 0.15) is 24.8 Å². The van der Waals surface area contributed by atoms with Gasteiger partial charge in [-0.15, -0.1) is 0 Å². The molecular formula is C15H24N2. The van der Waals surface area contributed by atoms with Gasteiger partial charge in [0.2, 0.25) is 0 Å². The summed E-state index contributed by atoms with van der Waals surface area (Å²) in [6, 6.07) is 8.58. The van der Waals surface area contributed by atoms with Crippen LogP contribution >= 0.6 is 0 Å². The Hall–Kier alpha value is -1.02. The second-order valence-corrected chi connectivity index (χ2v) is 5.36. The Kier molecular flexibility index (Phi) is 4.43. The summed E-state index contributed by atoms with van der Waals surface area (Å²) in [5.74, 6) is 0.971. The predicted molar refractivity (Wildman–Crippen MR) is 74.5 cm³/mol. The first-order valence-electron chi connectivity index (χ1n) is 6.73. The SMILES string of the molecule is Cc1cccc(NCCN(C)CC2CCC2)c1. The Morgan fingerprint density at radius 1 is 1.35 bits per heavy atom. The molecule has 1 N–H and O–H groups in total. The minimum absolute atomic E-state index is 0.971. The molecular weight excluding hydrogens is 208 g/mol. The minimum Gasteiger partial charge on any atom is -0.384 e. The molecule has 1 aromatic carbocycles. The zero-order valence-corrected chi connectivity index (χ0v) is 11.1. The lowest BCUT2D eigenvalue weighted by Crippen LogP contribution is -2.32. The number of rotatable bonds is 6. The molecule has 17 heavy (non-hydrogen) atoms. The Balaban J connectivity index is 1.64. The highest BCUT2D eigenvalue weighted by Crippen LogP contribution is 2.26. The first-order valence-corrected chi connectivity index (χ1v) is 6.73. The van der Waals surface area contributed by atoms with Gasteiger partial charge in [0, 0.05) is 25.3 Å². The second kappa shape index (κ2) is 6.06. The molecule has 0 saturated heterocycles. The molecule has 0 spiro atoms. The number of hydrogen-bond donors (Lipinski definition) is 1. The molecule has 1 aromatic rings. The van der Waals surface area contributed by atoms with Crippen LogP contribution in [0.3, 0.4) is 0 Å². The zero-order chi connectivity index (χ0) is 12.1. The fourth-order valence-corrected chi connectivity index (χ4v) is 2.35. The number of likely N-dealkylation sites (N-methyl/N-ethyl adjacent to an activating group) is 1. The van der Waals surface area contributed by atoms with Crippen LogP contribution in [-0.4, -0.2) is 31.6 Å². The van der Waals surface area contributed by atoms with Gasteiger partial charge in [-0.25, -0.2) is 0 Å². The highest BCUT2D eigenvalue weighted by Gasteiger charge is 2.18. The van der Waals surface area contributed by atoms with Crippen LogP contribution in [0.4, 0.5) is 5.69 Å². The topological polar surface area (TPSA) is 15.3 Å². The number of hydrogen-bond acceptors (Lipinski definition) is 2. The van der Waals surface area contributed by atoms with Crippen LogP contribution in [-0.2, 0) is 0 Å². The van der Waals surface area contributed by atoms with Crippen molar-refractivity contribution in [2.45, 2.75) is 26.2 Å². The summed E-state index contributed by atoms with van der Waals surface area (Å²) >= 11 is 0. The van der Waals surface area contributed by atoms with Crippen LogP contribution in [0.2, 0.25) is 0 Å². The van der Waals surface area contributed by atoms with Crippen LogP contribution in [0.5, 0.6) is 0 Å². The van der Waals surface area contributed by atoms with E-state index in [1.165, 1.54) is 37.1 Å². The number of aryl methyl sites for hydroxylation is 1. The number of anilines is 1. The summed E-state index contributed by atoms with van der Waals surface area (Å²) < 4.78 is 0. The van der Waals surface area contributed by atoms with Gasteiger partial charge in [0.25, 0.3) is 0 Å². The maximum atomic E-state index is 3.48. The number of nitrogens with zero attached hydrogens (tertiary/aromatic N) is 1. The van der Waals surface area contributed by atoms with E-state index in [4.69, 9.17) is 0 Å². The van der Waals surface area contributed by atoms with Crippen molar-refractivity contribution >= 4 is 5.69 Å². The highest BCUT2D eigenvalue weighted by atomic mass is 15.1. The van der Waals surface area contributed by atoms with Crippen LogP contribution in [0.25, 0.3) is 0 Å². The standard InChI is InChI=1S/C15H24N2/c1-13-5-3-8-15(11-13)16-9-10-17(2)12-14-6-4-7-14/h3,5,8,11,14,16H,4,6-7,9-10,12H2,1-2H3. The normalized spacial score (nSPS) is 15.9. The molecule has 1 aliphatic rings. The summed E-state index contributed by atoms with van der Waals surface area (Å²) in [5.41, 5.74) is 2.56. The van der Waals surface area contributed by atoms with E-state index in [1.54, 1.807) is 0 Å². The summed E-state index contributed by atoms with van der Waals surface area (Å²) in [4.78, 5) is 2.45. The minimum atomic E-state index is 0.971. The van der Waals surface area contributed by atoms with E-state index in [-0.39, 0.29) is 0 Å². The Morgan fingerprint density at radius 2 is 2.18 bits per heavy atom. The van der Waals surface area contributed by atoms with E-state index >= 15 is 0 Å². The van der Waals surface area contributed by atoms with E-state index in [9.17, 15) is 0 Å². The van der Waals surface area contributed by atoms with E-state index < -0.39 is 0 Å². The van der Waals surface area contributed by atoms with Gasteiger partial charge in [0.15, 0.2) is 0 Å². The van der Waals surface area contributed by atoms with Gasteiger partial charge < -0.3 is 10.2 Å². The Morgan fingerprint density at radius 3 is 2.82 bits per heavy atom. The van der Waals surface area contributed by atoms with Crippen LogP contribution < -0.4 is 5.32 Å². The summed E-state index contributed by atoms with van der Waals surface area (Å²) in [7, 11) is 2.23. The van der Waals surface area contributed by atoms with Crippen LogP contribution in [0.15, 0.2) is 24.3 Å². The Bertz CT molecular complexity index is 345. The smallest absolute Gasteiger partial charge is 0.0343 e. The number of benzene rings is 1. The molecule has 2 heteroatoms. The molecule has 0 aliphatic heterocycles. The average Bonchev–Trinajstić information content (AvgIpc) is 2.24. The molecule has 1 aliphatic carbocycles. The number of nitrogens with one attached hydrogen (secondary N) is 1. The maximum Gasteiger partial charge on any atom is 0.0343 e. The second-order valence-electron chi connectivity index (χ2n) is 5.36. The van der Waals surface area contributed by atoms with Gasteiger partial charge in [-0.3, -0.25) is 0 Å². The largest absolute Gasteiger partial charge is 0.384 e. The maximum absolute atomic E-state index is 3.48. The summed E-state index contributed by atoms with van der Waals surface area (Å²) in [6.45, 7) is 5.57. The molecule has 94 valence electrons. The van der Waals surface area contributed by atoms with Gasteiger partial charge in [0.1, 0.15) is 0 Å². The van der Waals surface area contributed by atoms with Gasteiger partial charge >= 0.3 is 0 Å². The van der Waals surface area contributed by atoms with Crippen molar-refractivity contribution in [3.05, 3.63) is 29.8 Å². The molecule has 0 amide bonds. The van der Waals surface area contributed by atoms with Crippen molar-refractivity contribution in [1.29, 1.82) is 0 Å². The molecule has 2 rings (SSSR count). The molecule has 0 atom stereocenters. The van der Waals surface area contributed by atoms with Gasteiger partial charge in [-0.1, -0.05) is 18.6 Å². The first kappa shape index (κ1) is 12.4. The third kappa shape index (κ3) is 4.04. The fraction of sp³-hybridized carbons (Fsp3) is 0.600. The molecule has 0 unspecified atom stereocenters. The van der Waals surface area contributed by atoms with E-state index in [0.29, 0.717) is 0 Å².